The number of hydrogen-bond acceptors (Lipinski definition) is 6. The first-order valence-corrected chi connectivity index (χ1v) is 13.3. The summed E-state index contributed by atoms with van der Waals surface area (Å²) in [5, 5.41) is 14.8. The maximum atomic E-state index is 14.0. The topological polar surface area (TPSA) is 97.5 Å². The highest BCUT2D eigenvalue weighted by atomic mass is 16.6. The van der Waals surface area contributed by atoms with Crippen LogP contribution in [0.3, 0.4) is 0 Å². The van der Waals surface area contributed by atoms with E-state index >= 15 is 0 Å². The fourth-order valence-corrected chi connectivity index (χ4v) is 5.11. The number of aromatic nitrogens is 2. The first-order valence-electron chi connectivity index (χ1n) is 13.3. The Balaban J connectivity index is 1.51. The van der Waals surface area contributed by atoms with Crippen LogP contribution in [0.2, 0.25) is 0 Å². The maximum absolute atomic E-state index is 14.0. The molecule has 0 saturated heterocycles. The lowest BCUT2D eigenvalue weighted by Crippen LogP contribution is -2.44. The van der Waals surface area contributed by atoms with Gasteiger partial charge in [0, 0.05) is 22.9 Å². The summed E-state index contributed by atoms with van der Waals surface area (Å²) in [7, 11) is 0. The van der Waals surface area contributed by atoms with Gasteiger partial charge in [-0.1, -0.05) is 48.5 Å². The van der Waals surface area contributed by atoms with Crippen LogP contribution in [0.25, 0.3) is 23.0 Å². The molecular weight excluding hydrogens is 516 g/mol. The highest BCUT2D eigenvalue weighted by molar-refractivity contribution is 6.20. The van der Waals surface area contributed by atoms with Crippen molar-refractivity contribution in [1.82, 2.24) is 14.7 Å². The second kappa shape index (κ2) is 10.6. The molecule has 0 N–H and O–H groups in total. The van der Waals surface area contributed by atoms with Gasteiger partial charge in [-0.15, -0.1) is 0 Å². The zero-order valence-corrected chi connectivity index (χ0v) is 22.6. The van der Waals surface area contributed by atoms with Crippen molar-refractivity contribution in [3.8, 4) is 34.5 Å². The number of imide groups is 1. The zero-order chi connectivity index (χ0) is 28.5. The molecule has 0 radical (unpaired) electrons. The molecule has 202 valence electrons. The van der Waals surface area contributed by atoms with Crippen molar-refractivity contribution < 1.29 is 19.1 Å². The Morgan fingerprint density at radius 3 is 2.32 bits per heavy atom. The summed E-state index contributed by atoms with van der Waals surface area (Å²) in [4.78, 5) is 28.5. The number of hydrogen-bond donors (Lipinski definition) is 0. The fraction of sp³-hybridized carbons (Fsp3) is 0.152. The van der Waals surface area contributed by atoms with Crippen LogP contribution in [0.1, 0.15) is 31.0 Å². The van der Waals surface area contributed by atoms with Crippen molar-refractivity contribution in [2.45, 2.75) is 19.9 Å². The molecular formula is C33H26N4O4. The van der Waals surface area contributed by atoms with Gasteiger partial charge in [-0.25, -0.2) is 4.68 Å². The van der Waals surface area contributed by atoms with Crippen LogP contribution in [0.4, 0.5) is 0 Å². The van der Waals surface area contributed by atoms with E-state index in [1.807, 2.05) is 91.1 Å². The summed E-state index contributed by atoms with van der Waals surface area (Å²) in [5.41, 5.74) is 4.19. The number of rotatable bonds is 5. The molecule has 0 fully saturated rings. The van der Waals surface area contributed by atoms with Crippen molar-refractivity contribution in [1.29, 1.82) is 5.26 Å². The Kier molecular flexibility index (Phi) is 6.70. The number of nitrogens with zero attached hydrogens (tertiary/aromatic N) is 4. The van der Waals surface area contributed by atoms with E-state index in [9.17, 15) is 14.9 Å². The van der Waals surface area contributed by atoms with Crippen molar-refractivity contribution in [3.05, 3.63) is 113 Å². The van der Waals surface area contributed by atoms with E-state index in [1.54, 1.807) is 24.6 Å². The third-order valence-electron chi connectivity index (χ3n) is 7.32. The lowest BCUT2D eigenvalue weighted by atomic mass is 9.91. The maximum Gasteiger partial charge on any atom is 0.272 e. The highest BCUT2D eigenvalue weighted by Gasteiger charge is 2.39. The zero-order valence-electron chi connectivity index (χ0n) is 22.6. The van der Waals surface area contributed by atoms with Gasteiger partial charge in [0.15, 0.2) is 11.5 Å². The van der Waals surface area contributed by atoms with Gasteiger partial charge in [-0.3, -0.25) is 14.5 Å². The summed E-state index contributed by atoms with van der Waals surface area (Å²) < 4.78 is 13.2. The number of amides is 2. The van der Waals surface area contributed by atoms with Crippen LogP contribution in [-0.2, 0) is 9.59 Å². The molecule has 1 unspecified atom stereocenters. The van der Waals surface area contributed by atoms with E-state index in [1.165, 1.54) is 0 Å². The summed E-state index contributed by atoms with van der Waals surface area (Å²) in [6.07, 6.45) is 3.55. The Bertz CT molecular complexity index is 1760. The monoisotopic (exact) mass is 542 g/mol. The Labute approximate surface area is 237 Å². The quantitative estimate of drug-likeness (QED) is 0.238. The Hall–Kier alpha value is -5.42. The van der Waals surface area contributed by atoms with E-state index in [-0.39, 0.29) is 11.1 Å². The fourth-order valence-electron chi connectivity index (χ4n) is 5.11. The van der Waals surface area contributed by atoms with E-state index in [2.05, 4.69) is 0 Å². The van der Waals surface area contributed by atoms with Crippen molar-refractivity contribution in [2.24, 2.45) is 0 Å². The first-order chi connectivity index (χ1) is 20.0. The van der Waals surface area contributed by atoms with Crippen LogP contribution in [0.5, 0.6) is 11.5 Å². The lowest BCUT2D eigenvalue weighted by molar-refractivity contribution is -0.143. The van der Waals surface area contributed by atoms with E-state index in [0.717, 1.165) is 21.7 Å². The molecule has 0 aliphatic carbocycles. The van der Waals surface area contributed by atoms with Gasteiger partial charge >= 0.3 is 0 Å². The van der Waals surface area contributed by atoms with Crippen LogP contribution < -0.4 is 9.47 Å². The van der Waals surface area contributed by atoms with E-state index in [4.69, 9.17) is 14.6 Å². The minimum atomic E-state index is -0.601. The van der Waals surface area contributed by atoms with Gasteiger partial charge in [-0.2, -0.15) is 10.4 Å². The minimum absolute atomic E-state index is 0.0602. The molecule has 3 heterocycles. The summed E-state index contributed by atoms with van der Waals surface area (Å²) >= 11 is 0. The molecule has 41 heavy (non-hydrogen) atoms. The SMILES string of the molecule is CC1=C(C#N)C(=O)N(C(C)c2ccccc2)C(=O)/C1=C/c1cn(-c2ccccc2)nc1-c1ccc2c(c1)OCCO2. The third-order valence-corrected chi connectivity index (χ3v) is 7.32. The summed E-state index contributed by atoms with van der Waals surface area (Å²) in [6, 6.07) is 26.0. The van der Waals surface area contributed by atoms with Crippen LogP contribution in [-0.4, -0.2) is 39.7 Å². The normalized spacial score (nSPS) is 16.6. The van der Waals surface area contributed by atoms with E-state index < -0.39 is 17.9 Å². The number of carbonyl (C=O) groups excluding carboxylic acids is 2. The van der Waals surface area contributed by atoms with E-state index in [0.29, 0.717) is 41.5 Å². The molecule has 0 bridgehead atoms. The number of ether oxygens (including phenoxy) is 2. The smallest absolute Gasteiger partial charge is 0.272 e. The number of carbonyl (C=O) groups is 2. The molecule has 6 rings (SSSR count). The predicted octanol–water partition coefficient (Wildman–Crippen LogP) is 5.66. The standard InChI is InChI=1S/C33H26N4O4/c1-21-27(32(38)37(33(39)28(21)19-34)22(2)23-9-5-3-6-10-23)17-25-20-36(26-11-7-4-8-12-26)35-31(25)24-13-14-29-30(18-24)41-16-15-40-29/h3-14,17-18,20,22H,15-16H2,1-2H3/b27-17+. The average Bonchev–Trinajstić information content (AvgIpc) is 3.44. The second-order valence-electron chi connectivity index (χ2n) is 9.81. The van der Waals surface area contributed by atoms with Crippen LogP contribution in [0.15, 0.2) is 102 Å². The van der Waals surface area contributed by atoms with Gasteiger partial charge in [0.1, 0.15) is 30.6 Å². The Morgan fingerprint density at radius 2 is 1.61 bits per heavy atom. The van der Waals surface area contributed by atoms with Gasteiger partial charge in [0.2, 0.25) is 0 Å². The molecule has 1 atom stereocenters. The minimum Gasteiger partial charge on any atom is -0.486 e. The molecule has 3 aromatic carbocycles. The van der Waals surface area contributed by atoms with Gasteiger partial charge in [-0.05, 0) is 61.4 Å². The molecule has 0 saturated carbocycles. The first kappa shape index (κ1) is 25.8. The van der Waals surface area contributed by atoms with Gasteiger partial charge in [0.25, 0.3) is 11.8 Å². The molecule has 0 spiro atoms. The molecule has 2 amide bonds. The van der Waals surface area contributed by atoms with Crippen molar-refractivity contribution >= 4 is 17.9 Å². The molecule has 8 heteroatoms. The number of nitriles is 1. The van der Waals surface area contributed by atoms with Gasteiger partial charge < -0.3 is 9.47 Å². The molecule has 1 aromatic heterocycles. The van der Waals surface area contributed by atoms with Crippen LogP contribution >= 0.6 is 0 Å². The summed E-state index contributed by atoms with van der Waals surface area (Å²) in [6.45, 7) is 4.35. The molecule has 4 aromatic rings. The molecule has 2 aliphatic rings. The lowest BCUT2D eigenvalue weighted by Gasteiger charge is -2.32. The molecule has 2 aliphatic heterocycles. The largest absolute Gasteiger partial charge is 0.486 e. The van der Waals surface area contributed by atoms with Crippen molar-refractivity contribution in [3.63, 3.8) is 0 Å². The number of para-hydroxylation sites is 1. The Morgan fingerprint density at radius 1 is 0.927 bits per heavy atom. The summed E-state index contributed by atoms with van der Waals surface area (Å²) in [5.74, 6) is 0.206. The predicted molar refractivity (Wildman–Crippen MR) is 153 cm³/mol. The average molecular weight is 543 g/mol. The third kappa shape index (κ3) is 4.68. The van der Waals surface area contributed by atoms with Gasteiger partial charge in [0.05, 0.1) is 11.7 Å². The number of benzene rings is 3. The number of fused-ring (bicyclic) bond motifs is 1. The van der Waals surface area contributed by atoms with Crippen LogP contribution in [0, 0.1) is 11.3 Å². The highest BCUT2D eigenvalue weighted by Crippen LogP contribution is 2.38. The second-order valence-corrected chi connectivity index (χ2v) is 9.81. The molecule has 8 nitrogen and oxygen atoms in total. The van der Waals surface area contributed by atoms with Crippen molar-refractivity contribution in [2.75, 3.05) is 13.2 Å².